The lowest BCUT2D eigenvalue weighted by Crippen LogP contribution is -2.14. The fraction of sp³-hybridized carbons (Fsp3) is 0.125. The number of hydrogen-bond acceptors (Lipinski definition) is 3. The fourth-order valence-corrected chi connectivity index (χ4v) is 2.73. The zero-order valence-corrected chi connectivity index (χ0v) is 16.4. The molecule has 2 N–H and O–H groups in total. The highest BCUT2D eigenvalue weighted by atomic mass is 127. The first-order chi connectivity index (χ1) is 11.3. The smallest absolute Gasteiger partial charge is 0.259 e. The van der Waals surface area contributed by atoms with Crippen molar-refractivity contribution >= 4 is 69.0 Å². The molecule has 2 aromatic rings. The average molecular weight is 479 g/mol. The Morgan fingerprint density at radius 2 is 1.79 bits per heavy atom. The van der Waals surface area contributed by atoms with Gasteiger partial charge in [-0.15, -0.1) is 0 Å². The second kappa shape index (κ2) is 8.04. The van der Waals surface area contributed by atoms with Crippen LogP contribution in [-0.4, -0.2) is 18.9 Å². The molecule has 0 aliphatic carbocycles. The first kappa shape index (κ1) is 18.8. The van der Waals surface area contributed by atoms with Crippen molar-refractivity contribution in [2.45, 2.75) is 6.92 Å². The van der Waals surface area contributed by atoms with Gasteiger partial charge in [-0.3, -0.25) is 9.59 Å². The first-order valence-electron chi connectivity index (χ1n) is 6.73. The van der Waals surface area contributed by atoms with E-state index in [2.05, 4.69) is 33.2 Å². The summed E-state index contributed by atoms with van der Waals surface area (Å²) in [5.74, 6) is -0.247. The highest BCUT2D eigenvalue weighted by Crippen LogP contribution is 2.30. The van der Waals surface area contributed by atoms with Crippen LogP contribution in [0.15, 0.2) is 30.3 Å². The van der Waals surface area contributed by atoms with Gasteiger partial charge in [0.25, 0.3) is 5.91 Å². The number of benzene rings is 2. The molecule has 8 heteroatoms. The molecule has 0 spiro atoms. The summed E-state index contributed by atoms with van der Waals surface area (Å²) < 4.78 is 6.00. The number of hydrogen-bond donors (Lipinski definition) is 2. The SMILES string of the molecule is COc1cc(I)c(Cl)cc1C(=O)Nc1cc(NC(C)=O)ccc1Cl. The molecule has 24 heavy (non-hydrogen) atoms. The van der Waals surface area contributed by atoms with E-state index in [4.69, 9.17) is 27.9 Å². The third kappa shape index (κ3) is 4.52. The van der Waals surface area contributed by atoms with E-state index >= 15 is 0 Å². The maximum atomic E-state index is 12.5. The van der Waals surface area contributed by atoms with Gasteiger partial charge in [0.1, 0.15) is 5.75 Å². The summed E-state index contributed by atoms with van der Waals surface area (Å²) in [6.07, 6.45) is 0. The van der Waals surface area contributed by atoms with Crippen LogP contribution in [0.5, 0.6) is 5.75 Å². The Kier molecular flexibility index (Phi) is 6.31. The van der Waals surface area contributed by atoms with Gasteiger partial charge in [-0.05, 0) is 52.9 Å². The first-order valence-corrected chi connectivity index (χ1v) is 8.56. The lowest BCUT2D eigenvalue weighted by molar-refractivity contribution is -0.114. The van der Waals surface area contributed by atoms with Crippen molar-refractivity contribution in [2.24, 2.45) is 0 Å². The Labute approximate surface area is 162 Å². The number of carbonyl (C=O) groups excluding carboxylic acids is 2. The summed E-state index contributed by atoms with van der Waals surface area (Å²) in [6, 6.07) is 8.00. The van der Waals surface area contributed by atoms with Crippen LogP contribution in [0.4, 0.5) is 11.4 Å². The number of nitrogens with one attached hydrogen (secondary N) is 2. The number of rotatable bonds is 4. The molecule has 0 unspecified atom stereocenters. The Balaban J connectivity index is 2.33. The van der Waals surface area contributed by atoms with Gasteiger partial charge in [0, 0.05) is 16.2 Å². The molecule has 0 aromatic heterocycles. The lowest BCUT2D eigenvalue weighted by Gasteiger charge is -2.13. The van der Waals surface area contributed by atoms with Crippen LogP contribution in [0.1, 0.15) is 17.3 Å². The van der Waals surface area contributed by atoms with E-state index in [0.29, 0.717) is 27.2 Å². The molecular weight excluding hydrogens is 466 g/mol. The molecule has 2 aromatic carbocycles. The van der Waals surface area contributed by atoms with Crippen LogP contribution in [0, 0.1) is 3.57 Å². The van der Waals surface area contributed by atoms with Gasteiger partial charge in [0.15, 0.2) is 0 Å². The highest BCUT2D eigenvalue weighted by Gasteiger charge is 2.16. The summed E-state index contributed by atoms with van der Waals surface area (Å²) >= 11 is 14.2. The molecule has 126 valence electrons. The average Bonchev–Trinajstić information content (AvgIpc) is 2.52. The predicted octanol–water partition coefficient (Wildman–Crippen LogP) is 4.82. The quantitative estimate of drug-likeness (QED) is 0.619. The summed E-state index contributed by atoms with van der Waals surface area (Å²) in [5, 5.41) is 6.11. The molecular formula is C16H13Cl2IN2O3. The van der Waals surface area contributed by atoms with Crippen molar-refractivity contribution in [1.29, 1.82) is 0 Å². The molecule has 0 saturated heterocycles. The third-order valence-electron chi connectivity index (χ3n) is 3.02. The van der Waals surface area contributed by atoms with E-state index in [0.717, 1.165) is 3.57 Å². The van der Waals surface area contributed by atoms with Gasteiger partial charge < -0.3 is 15.4 Å². The number of methoxy groups -OCH3 is 1. The fourth-order valence-electron chi connectivity index (χ4n) is 1.97. The molecule has 0 aliphatic rings. The summed E-state index contributed by atoms with van der Waals surface area (Å²) in [4.78, 5) is 23.7. The Morgan fingerprint density at radius 1 is 1.08 bits per heavy atom. The monoisotopic (exact) mass is 478 g/mol. The van der Waals surface area contributed by atoms with Crippen LogP contribution in [0.25, 0.3) is 0 Å². The van der Waals surface area contributed by atoms with Gasteiger partial charge in [-0.1, -0.05) is 23.2 Å². The van der Waals surface area contributed by atoms with Crippen molar-refractivity contribution in [3.05, 3.63) is 49.5 Å². The Morgan fingerprint density at radius 3 is 2.42 bits per heavy atom. The van der Waals surface area contributed by atoms with Gasteiger partial charge in [-0.25, -0.2) is 0 Å². The molecule has 5 nitrogen and oxygen atoms in total. The van der Waals surface area contributed by atoms with E-state index in [1.165, 1.54) is 20.1 Å². The van der Waals surface area contributed by atoms with Gasteiger partial charge in [0.2, 0.25) is 5.91 Å². The van der Waals surface area contributed by atoms with Crippen LogP contribution in [0.2, 0.25) is 10.0 Å². The zero-order valence-electron chi connectivity index (χ0n) is 12.7. The predicted molar refractivity (Wildman–Crippen MR) is 104 cm³/mol. The Bertz CT molecular complexity index is 812. The Hall–Kier alpha value is -1.51. The summed E-state index contributed by atoms with van der Waals surface area (Å²) in [6.45, 7) is 1.39. The van der Waals surface area contributed by atoms with E-state index in [9.17, 15) is 9.59 Å². The second-order valence-corrected chi connectivity index (χ2v) is 6.77. The van der Waals surface area contributed by atoms with Crippen LogP contribution < -0.4 is 15.4 Å². The number of ether oxygens (including phenoxy) is 1. The highest BCUT2D eigenvalue weighted by molar-refractivity contribution is 14.1. The number of anilines is 2. The minimum Gasteiger partial charge on any atom is -0.496 e. The van der Waals surface area contributed by atoms with Crippen molar-refractivity contribution in [3.63, 3.8) is 0 Å². The molecule has 0 radical (unpaired) electrons. The second-order valence-electron chi connectivity index (χ2n) is 4.80. The van der Waals surface area contributed by atoms with E-state index in [-0.39, 0.29) is 11.5 Å². The molecule has 2 amide bonds. The third-order valence-corrected chi connectivity index (χ3v) is 4.88. The van der Waals surface area contributed by atoms with Crippen LogP contribution in [-0.2, 0) is 4.79 Å². The van der Waals surface area contributed by atoms with E-state index in [1.807, 2.05) is 0 Å². The largest absolute Gasteiger partial charge is 0.496 e. The normalized spacial score (nSPS) is 10.2. The summed E-state index contributed by atoms with van der Waals surface area (Å²) in [5.41, 5.74) is 1.17. The molecule has 0 atom stereocenters. The standard InChI is InChI=1S/C16H13Cl2IN2O3/c1-8(22)20-9-3-4-11(17)14(5-9)21-16(23)10-6-12(18)13(19)7-15(10)24-2/h3-7H,1-2H3,(H,20,22)(H,21,23). The van der Waals surface area contributed by atoms with Gasteiger partial charge in [0.05, 0.1) is 28.4 Å². The molecule has 0 saturated carbocycles. The molecule has 0 bridgehead atoms. The number of halogens is 3. The van der Waals surface area contributed by atoms with Crippen molar-refractivity contribution in [1.82, 2.24) is 0 Å². The summed E-state index contributed by atoms with van der Waals surface area (Å²) in [7, 11) is 1.47. The topological polar surface area (TPSA) is 67.4 Å². The molecule has 2 rings (SSSR count). The van der Waals surface area contributed by atoms with Crippen LogP contribution in [0.3, 0.4) is 0 Å². The number of carbonyl (C=O) groups is 2. The lowest BCUT2D eigenvalue weighted by atomic mass is 10.1. The minimum absolute atomic E-state index is 0.222. The van der Waals surface area contributed by atoms with E-state index < -0.39 is 5.91 Å². The van der Waals surface area contributed by atoms with Crippen molar-refractivity contribution in [2.75, 3.05) is 17.7 Å². The molecule has 0 aliphatic heterocycles. The molecule has 0 heterocycles. The number of amides is 2. The van der Waals surface area contributed by atoms with Crippen LogP contribution >= 0.6 is 45.8 Å². The van der Waals surface area contributed by atoms with Crippen molar-refractivity contribution < 1.29 is 14.3 Å². The van der Waals surface area contributed by atoms with Crippen molar-refractivity contribution in [3.8, 4) is 5.75 Å². The molecule has 0 fully saturated rings. The zero-order chi connectivity index (χ0) is 17.9. The maximum absolute atomic E-state index is 12.5. The maximum Gasteiger partial charge on any atom is 0.259 e. The van der Waals surface area contributed by atoms with Gasteiger partial charge in [-0.2, -0.15) is 0 Å². The minimum atomic E-state index is -0.424. The van der Waals surface area contributed by atoms with Gasteiger partial charge >= 0.3 is 0 Å². The van der Waals surface area contributed by atoms with E-state index in [1.54, 1.807) is 24.3 Å².